The van der Waals surface area contributed by atoms with Crippen LogP contribution in [0, 0.1) is 6.92 Å². The topological polar surface area (TPSA) is 57.5 Å². The molecule has 0 fully saturated rings. The molecule has 0 aliphatic carbocycles. The van der Waals surface area contributed by atoms with Gasteiger partial charge in [-0.2, -0.15) is 0 Å². The van der Waals surface area contributed by atoms with E-state index in [1.54, 1.807) is 49.4 Å². The van der Waals surface area contributed by atoms with Crippen LogP contribution in [0.15, 0.2) is 48.5 Å². The highest BCUT2D eigenvalue weighted by Gasteiger charge is 2.10. The zero-order valence-corrected chi connectivity index (χ0v) is 10.5. The monoisotopic (exact) mass is 254 g/mol. The number of phenols is 2. The van der Waals surface area contributed by atoms with Crippen LogP contribution in [0.4, 0.5) is 0 Å². The molecular weight excluding hydrogens is 240 g/mol. The lowest BCUT2D eigenvalue weighted by atomic mass is 10.0. The summed E-state index contributed by atoms with van der Waals surface area (Å²) in [5.74, 6) is -0.0796. The van der Waals surface area contributed by atoms with Crippen LogP contribution in [0.5, 0.6) is 11.5 Å². The minimum absolute atomic E-state index is 0.0136. The first-order valence-electron chi connectivity index (χ1n) is 5.88. The summed E-state index contributed by atoms with van der Waals surface area (Å²) in [4.78, 5) is 12.0. The third kappa shape index (κ3) is 3.01. The SMILES string of the molecule is Cc1cccc(O)c1C(=O)/C=C/c1ccc(O)cc1. The van der Waals surface area contributed by atoms with E-state index in [1.165, 1.54) is 12.1 Å². The van der Waals surface area contributed by atoms with E-state index in [0.29, 0.717) is 5.56 Å². The standard InChI is InChI=1S/C16H14O3/c1-11-3-2-4-14(18)16(11)15(19)10-7-12-5-8-13(17)9-6-12/h2-10,17-18H,1H3/b10-7+. The van der Waals surface area contributed by atoms with Crippen molar-refractivity contribution < 1.29 is 15.0 Å². The first-order valence-corrected chi connectivity index (χ1v) is 5.88. The van der Waals surface area contributed by atoms with Crippen molar-refractivity contribution in [1.82, 2.24) is 0 Å². The molecule has 0 aromatic heterocycles. The lowest BCUT2D eigenvalue weighted by Gasteiger charge is -2.04. The van der Waals surface area contributed by atoms with E-state index in [4.69, 9.17) is 5.11 Å². The van der Waals surface area contributed by atoms with Crippen molar-refractivity contribution in [1.29, 1.82) is 0 Å². The maximum absolute atomic E-state index is 12.0. The Hall–Kier alpha value is -2.55. The Kier molecular flexibility index (Phi) is 3.66. The fourth-order valence-electron chi connectivity index (χ4n) is 1.81. The Morgan fingerprint density at radius 1 is 1.05 bits per heavy atom. The van der Waals surface area contributed by atoms with Crippen molar-refractivity contribution in [2.75, 3.05) is 0 Å². The van der Waals surface area contributed by atoms with Gasteiger partial charge in [0.2, 0.25) is 0 Å². The first kappa shape index (κ1) is 12.9. The average Bonchev–Trinajstić information content (AvgIpc) is 2.38. The molecule has 0 aliphatic rings. The van der Waals surface area contributed by atoms with Crippen molar-refractivity contribution in [3.63, 3.8) is 0 Å². The predicted molar refractivity (Wildman–Crippen MR) is 74.3 cm³/mol. The Bertz CT molecular complexity index is 605. The second-order valence-corrected chi connectivity index (χ2v) is 4.26. The molecule has 3 heteroatoms. The summed E-state index contributed by atoms with van der Waals surface area (Å²) in [5, 5.41) is 18.9. The number of benzene rings is 2. The maximum atomic E-state index is 12.0. The molecule has 96 valence electrons. The van der Waals surface area contributed by atoms with Crippen LogP contribution in [0.1, 0.15) is 21.5 Å². The number of carbonyl (C=O) groups is 1. The van der Waals surface area contributed by atoms with Crippen LogP contribution >= 0.6 is 0 Å². The Morgan fingerprint density at radius 3 is 2.37 bits per heavy atom. The molecule has 0 amide bonds. The van der Waals surface area contributed by atoms with E-state index in [1.807, 2.05) is 0 Å². The number of aryl methyl sites for hydroxylation is 1. The minimum atomic E-state index is -0.247. The van der Waals surface area contributed by atoms with Gasteiger partial charge in [0.25, 0.3) is 0 Å². The molecule has 0 saturated heterocycles. The zero-order valence-electron chi connectivity index (χ0n) is 10.5. The van der Waals surface area contributed by atoms with Crippen LogP contribution in [0.3, 0.4) is 0 Å². The van der Waals surface area contributed by atoms with E-state index in [2.05, 4.69) is 0 Å². The second-order valence-electron chi connectivity index (χ2n) is 4.26. The number of hydrogen-bond acceptors (Lipinski definition) is 3. The minimum Gasteiger partial charge on any atom is -0.508 e. The molecule has 19 heavy (non-hydrogen) atoms. The first-order chi connectivity index (χ1) is 9.08. The van der Waals surface area contributed by atoms with Gasteiger partial charge in [-0.3, -0.25) is 4.79 Å². The molecule has 0 aliphatic heterocycles. The van der Waals surface area contributed by atoms with E-state index in [9.17, 15) is 9.90 Å². The molecule has 3 nitrogen and oxygen atoms in total. The Balaban J connectivity index is 2.24. The van der Waals surface area contributed by atoms with Crippen molar-refractivity contribution in [2.24, 2.45) is 0 Å². The summed E-state index contributed by atoms with van der Waals surface area (Å²) in [6, 6.07) is 11.5. The normalized spacial score (nSPS) is 10.8. The highest BCUT2D eigenvalue weighted by Crippen LogP contribution is 2.21. The molecule has 2 aromatic carbocycles. The molecule has 2 rings (SSSR count). The summed E-state index contributed by atoms with van der Waals surface area (Å²) < 4.78 is 0. The lowest BCUT2D eigenvalue weighted by molar-refractivity contribution is 0.104. The highest BCUT2D eigenvalue weighted by molar-refractivity contribution is 6.09. The third-order valence-corrected chi connectivity index (χ3v) is 2.82. The number of rotatable bonds is 3. The number of allylic oxidation sites excluding steroid dienone is 1. The maximum Gasteiger partial charge on any atom is 0.189 e. The van der Waals surface area contributed by atoms with Gasteiger partial charge < -0.3 is 10.2 Å². The number of carbonyl (C=O) groups excluding carboxylic acids is 1. The van der Waals surface area contributed by atoms with Gasteiger partial charge >= 0.3 is 0 Å². The number of aromatic hydroxyl groups is 2. The van der Waals surface area contributed by atoms with Gasteiger partial charge in [-0.05, 0) is 42.3 Å². The summed E-state index contributed by atoms with van der Waals surface area (Å²) in [5.41, 5.74) is 1.86. The van der Waals surface area contributed by atoms with E-state index in [0.717, 1.165) is 11.1 Å². The van der Waals surface area contributed by atoms with Gasteiger partial charge in [0.05, 0.1) is 5.56 Å². The number of hydrogen-bond donors (Lipinski definition) is 2. The fraction of sp³-hybridized carbons (Fsp3) is 0.0625. The molecule has 0 radical (unpaired) electrons. The quantitative estimate of drug-likeness (QED) is 0.652. The smallest absolute Gasteiger partial charge is 0.189 e. The summed E-state index contributed by atoms with van der Waals surface area (Å²) in [7, 11) is 0. The molecule has 2 aromatic rings. The van der Waals surface area contributed by atoms with Gasteiger partial charge in [-0.25, -0.2) is 0 Å². The van der Waals surface area contributed by atoms with Crippen molar-refractivity contribution in [2.45, 2.75) is 6.92 Å². The van der Waals surface area contributed by atoms with Crippen molar-refractivity contribution in [3.8, 4) is 11.5 Å². The van der Waals surface area contributed by atoms with E-state index >= 15 is 0 Å². The summed E-state index contributed by atoms with van der Waals surface area (Å²) in [6.45, 7) is 1.78. The van der Waals surface area contributed by atoms with Crippen molar-refractivity contribution >= 4 is 11.9 Å². The van der Waals surface area contributed by atoms with Gasteiger partial charge in [-0.15, -0.1) is 0 Å². The largest absolute Gasteiger partial charge is 0.508 e. The average molecular weight is 254 g/mol. The summed E-state index contributed by atoms with van der Waals surface area (Å²) >= 11 is 0. The Labute approximate surface area is 111 Å². The van der Waals surface area contributed by atoms with Gasteiger partial charge in [0.1, 0.15) is 11.5 Å². The predicted octanol–water partition coefficient (Wildman–Crippen LogP) is 3.30. The molecular formula is C16H14O3. The molecule has 0 unspecified atom stereocenters. The van der Waals surface area contributed by atoms with Gasteiger partial charge in [0.15, 0.2) is 5.78 Å². The molecule has 2 N–H and O–H groups in total. The molecule has 0 bridgehead atoms. The molecule has 0 atom stereocenters. The van der Waals surface area contributed by atoms with Crippen LogP contribution in [-0.4, -0.2) is 16.0 Å². The summed E-state index contributed by atoms with van der Waals surface area (Å²) in [6.07, 6.45) is 3.06. The van der Waals surface area contributed by atoms with E-state index < -0.39 is 0 Å². The zero-order chi connectivity index (χ0) is 13.8. The number of phenolic OH excluding ortho intramolecular Hbond substituents is 2. The molecule has 0 saturated carbocycles. The van der Waals surface area contributed by atoms with Gasteiger partial charge in [0, 0.05) is 0 Å². The van der Waals surface area contributed by atoms with Crippen molar-refractivity contribution in [3.05, 3.63) is 65.2 Å². The van der Waals surface area contributed by atoms with Crippen LogP contribution < -0.4 is 0 Å². The van der Waals surface area contributed by atoms with Gasteiger partial charge in [-0.1, -0.05) is 30.3 Å². The number of ketones is 1. The molecule has 0 spiro atoms. The fourth-order valence-corrected chi connectivity index (χ4v) is 1.81. The van der Waals surface area contributed by atoms with Crippen LogP contribution in [-0.2, 0) is 0 Å². The lowest BCUT2D eigenvalue weighted by Crippen LogP contribution is -1.98. The van der Waals surface area contributed by atoms with Crippen LogP contribution in [0.25, 0.3) is 6.08 Å². The Morgan fingerprint density at radius 2 is 1.74 bits per heavy atom. The second kappa shape index (κ2) is 5.40. The van der Waals surface area contributed by atoms with Crippen LogP contribution in [0.2, 0.25) is 0 Å². The molecule has 0 heterocycles. The van der Waals surface area contributed by atoms with E-state index in [-0.39, 0.29) is 17.3 Å². The highest BCUT2D eigenvalue weighted by atomic mass is 16.3. The third-order valence-electron chi connectivity index (χ3n) is 2.82.